The molecule has 0 spiro atoms. The zero-order valence-corrected chi connectivity index (χ0v) is 29.7. The zero-order valence-electron chi connectivity index (χ0n) is 29.0. The van der Waals surface area contributed by atoms with Crippen LogP contribution in [0.25, 0.3) is 5.65 Å². The van der Waals surface area contributed by atoms with E-state index in [1.807, 2.05) is 13.8 Å². The van der Waals surface area contributed by atoms with Gasteiger partial charge in [0.25, 0.3) is 17.7 Å². The van der Waals surface area contributed by atoms with Gasteiger partial charge in [0.1, 0.15) is 17.0 Å². The summed E-state index contributed by atoms with van der Waals surface area (Å²) in [5.74, 6) is -5.39. The predicted octanol–water partition coefficient (Wildman–Crippen LogP) is 6.52. The zero-order chi connectivity index (χ0) is 39.3. The van der Waals surface area contributed by atoms with E-state index in [9.17, 15) is 42.3 Å². The van der Waals surface area contributed by atoms with Gasteiger partial charge in [-0.3, -0.25) is 19.2 Å². The molecule has 1 aliphatic carbocycles. The van der Waals surface area contributed by atoms with E-state index in [-0.39, 0.29) is 51.1 Å². The fourth-order valence-corrected chi connectivity index (χ4v) is 6.06. The number of nitrogens with one attached hydrogen (secondary N) is 4. The van der Waals surface area contributed by atoms with E-state index in [0.29, 0.717) is 24.0 Å². The fourth-order valence-electron chi connectivity index (χ4n) is 5.88. The van der Waals surface area contributed by atoms with Crippen molar-refractivity contribution in [2.45, 2.75) is 52.4 Å². The Kier molecular flexibility index (Phi) is 11.7. The van der Waals surface area contributed by atoms with E-state index in [1.165, 1.54) is 42.6 Å². The lowest BCUT2D eigenvalue weighted by Crippen LogP contribution is -2.31. The van der Waals surface area contributed by atoms with Crippen molar-refractivity contribution < 1.29 is 42.3 Å². The summed E-state index contributed by atoms with van der Waals surface area (Å²) in [4.78, 5) is 68.1. The molecule has 13 nitrogen and oxygen atoms in total. The standard InChI is InChI=1S/C35H27ClF3N7O6.C2H6/c1-17-20-11-12-25(22(20)10-9-21(17)33(50)51)44-32(49)28-14-27(31(48)40-15-18-5-4-6-19(13-18)42-34(52)35(37,38)39)43-29-23(16-41-46(28)29)30(47)45-26-8-3-2-7-24(26)36;1-2/h2-10,13-14,16,25H,11-12,15H2,1H3,(H,40,48)(H,42,52)(H,44,49)(H,45,47)(H,50,51);1-2H3/t25-;/m0./s1. The van der Waals surface area contributed by atoms with Gasteiger partial charge >= 0.3 is 18.1 Å². The molecule has 0 aliphatic heterocycles. The Bertz CT molecular complexity index is 2290. The molecule has 2 heterocycles. The summed E-state index contributed by atoms with van der Waals surface area (Å²) in [6.07, 6.45) is -2.93. The van der Waals surface area contributed by atoms with Gasteiger partial charge in [0.2, 0.25) is 0 Å². The van der Waals surface area contributed by atoms with Crippen LogP contribution in [-0.2, 0) is 17.8 Å². The normalized spacial score (nSPS) is 13.3. The van der Waals surface area contributed by atoms with E-state index in [2.05, 4.69) is 26.0 Å². The second kappa shape index (κ2) is 16.2. The number of halogens is 4. The number of carboxylic acid groups (broad SMARTS) is 1. The lowest BCUT2D eigenvalue weighted by Gasteiger charge is -2.16. The number of para-hydroxylation sites is 1. The molecule has 2 aromatic heterocycles. The van der Waals surface area contributed by atoms with E-state index >= 15 is 0 Å². The summed E-state index contributed by atoms with van der Waals surface area (Å²) in [6.45, 7) is 5.50. The van der Waals surface area contributed by atoms with Gasteiger partial charge in [-0.15, -0.1) is 0 Å². The Morgan fingerprint density at radius 1 is 0.926 bits per heavy atom. The van der Waals surface area contributed by atoms with Gasteiger partial charge in [0, 0.05) is 18.3 Å². The van der Waals surface area contributed by atoms with Gasteiger partial charge in [0.05, 0.1) is 28.5 Å². The maximum Gasteiger partial charge on any atom is 0.471 e. The van der Waals surface area contributed by atoms with Crippen LogP contribution in [0.4, 0.5) is 24.5 Å². The molecule has 280 valence electrons. The third-order valence-electron chi connectivity index (χ3n) is 8.43. The number of carboxylic acids is 1. The highest BCUT2D eigenvalue weighted by Gasteiger charge is 2.38. The van der Waals surface area contributed by atoms with Gasteiger partial charge < -0.3 is 26.4 Å². The lowest BCUT2D eigenvalue weighted by atomic mass is 9.98. The number of benzene rings is 3. The molecular formula is C37H33ClF3N7O6. The topological polar surface area (TPSA) is 184 Å². The van der Waals surface area contributed by atoms with Crippen molar-refractivity contribution in [3.8, 4) is 0 Å². The van der Waals surface area contributed by atoms with Crippen LogP contribution in [0.5, 0.6) is 0 Å². The molecule has 5 aromatic rings. The van der Waals surface area contributed by atoms with Crippen molar-refractivity contribution in [1.82, 2.24) is 25.2 Å². The van der Waals surface area contributed by atoms with E-state index < -0.39 is 41.8 Å². The number of rotatable bonds is 9. The van der Waals surface area contributed by atoms with Gasteiger partial charge in [-0.05, 0) is 72.4 Å². The predicted molar refractivity (Wildman–Crippen MR) is 193 cm³/mol. The first kappa shape index (κ1) is 38.9. The first-order valence-corrected chi connectivity index (χ1v) is 17.0. The van der Waals surface area contributed by atoms with Crippen LogP contribution in [0.2, 0.25) is 5.02 Å². The van der Waals surface area contributed by atoms with Gasteiger partial charge in [-0.25, -0.2) is 14.3 Å². The van der Waals surface area contributed by atoms with E-state index in [4.69, 9.17) is 11.6 Å². The highest BCUT2D eigenvalue weighted by Crippen LogP contribution is 2.35. The summed E-state index contributed by atoms with van der Waals surface area (Å²) < 4.78 is 39.3. The van der Waals surface area contributed by atoms with Crippen LogP contribution < -0.4 is 21.3 Å². The number of hydrogen-bond donors (Lipinski definition) is 5. The molecule has 4 amide bonds. The minimum Gasteiger partial charge on any atom is -0.478 e. The SMILES string of the molecule is CC.Cc1c(C(=O)O)ccc2c1CC[C@@H]2NC(=O)c1cc(C(=O)NCc2cccc(NC(=O)C(F)(F)F)c2)nc2c(C(=O)Nc3ccccc3Cl)cnn12. The van der Waals surface area contributed by atoms with Crippen LogP contribution in [0.3, 0.4) is 0 Å². The molecule has 0 saturated carbocycles. The molecule has 0 bridgehead atoms. The second-order valence-corrected chi connectivity index (χ2v) is 12.2. The molecule has 0 unspecified atom stereocenters. The van der Waals surface area contributed by atoms with Gasteiger partial charge in [-0.2, -0.15) is 18.3 Å². The van der Waals surface area contributed by atoms with E-state index in [0.717, 1.165) is 15.6 Å². The van der Waals surface area contributed by atoms with Crippen LogP contribution >= 0.6 is 11.6 Å². The number of carbonyl (C=O) groups excluding carboxylic acids is 4. The smallest absolute Gasteiger partial charge is 0.471 e. The number of alkyl halides is 3. The Hall–Kier alpha value is -6.29. The molecule has 1 atom stereocenters. The number of amides is 4. The number of fused-ring (bicyclic) bond motifs is 2. The fraction of sp³-hybridized carbons (Fsp3) is 0.216. The summed E-state index contributed by atoms with van der Waals surface area (Å²) in [5, 5.41) is 23.9. The number of anilines is 2. The highest BCUT2D eigenvalue weighted by molar-refractivity contribution is 6.34. The third-order valence-corrected chi connectivity index (χ3v) is 8.76. The van der Waals surface area contributed by atoms with Crippen LogP contribution in [0.15, 0.2) is 72.9 Å². The Balaban J connectivity index is 0.00000276. The summed E-state index contributed by atoms with van der Waals surface area (Å²) in [5.41, 5.74) is 2.09. The molecular weight excluding hydrogens is 731 g/mol. The average Bonchev–Trinajstić information content (AvgIpc) is 3.76. The van der Waals surface area contributed by atoms with Crippen molar-refractivity contribution in [2.75, 3.05) is 10.6 Å². The number of hydrogen-bond acceptors (Lipinski definition) is 7. The van der Waals surface area contributed by atoms with Crippen LogP contribution in [0.1, 0.15) is 90.3 Å². The Morgan fingerprint density at radius 2 is 1.67 bits per heavy atom. The van der Waals surface area contributed by atoms with Crippen molar-refractivity contribution in [2.24, 2.45) is 0 Å². The van der Waals surface area contributed by atoms with Crippen molar-refractivity contribution >= 4 is 58.2 Å². The maximum atomic E-state index is 13.9. The molecule has 54 heavy (non-hydrogen) atoms. The van der Waals surface area contributed by atoms with E-state index in [1.54, 1.807) is 42.6 Å². The van der Waals surface area contributed by atoms with Gasteiger partial charge in [-0.1, -0.05) is 55.8 Å². The highest BCUT2D eigenvalue weighted by atomic mass is 35.5. The number of aromatic nitrogens is 3. The lowest BCUT2D eigenvalue weighted by molar-refractivity contribution is -0.167. The molecule has 17 heteroatoms. The summed E-state index contributed by atoms with van der Waals surface area (Å²) >= 11 is 6.22. The van der Waals surface area contributed by atoms with Crippen molar-refractivity contribution in [3.05, 3.63) is 123 Å². The number of aromatic carboxylic acids is 1. The van der Waals surface area contributed by atoms with Crippen molar-refractivity contribution in [3.63, 3.8) is 0 Å². The molecule has 0 saturated heterocycles. The van der Waals surface area contributed by atoms with Crippen LogP contribution in [-0.4, -0.2) is 55.5 Å². The quantitative estimate of drug-likeness (QED) is 0.112. The largest absolute Gasteiger partial charge is 0.478 e. The molecule has 0 radical (unpaired) electrons. The molecule has 6 rings (SSSR count). The minimum atomic E-state index is -5.10. The Labute approximate surface area is 310 Å². The first-order valence-electron chi connectivity index (χ1n) is 16.6. The van der Waals surface area contributed by atoms with Crippen molar-refractivity contribution in [1.29, 1.82) is 0 Å². The number of carbonyl (C=O) groups is 5. The first-order chi connectivity index (χ1) is 25.7. The number of nitrogens with zero attached hydrogens (tertiary/aromatic N) is 3. The van der Waals surface area contributed by atoms with Gasteiger partial charge in [0.15, 0.2) is 5.65 Å². The molecule has 0 fully saturated rings. The maximum absolute atomic E-state index is 13.9. The summed E-state index contributed by atoms with van der Waals surface area (Å²) in [6, 6.07) is 15.7. The molecule has 5 N–H and O–H groups in total. The second-order valence-electron chi connectivity index (χ2n) is 11.8. The summed E-state index contributed by atoms with van der Waals surface area (Å²) in [7, 11) is 0. The third kappa shape index (κ3) is 8.33. The minimum absolute atomic E-state index is 0.0974. The Morgan fingerprint density at radius 3 is 2.37 bits per heavy atom. The van der Waals surface area contributed by atoms with Crippen LogP contribution in [0, 0.1) is 6.92 Å². The monoisotopic (exact) mass is 763 g/mol. The molecule has 3 aromatic carbocycles. The average molecular weight is 764 g/mol. The molecule has 1 aliphatic rings.